The van der Waals surface area contributed by atoms with Crippen molar-refractivity contribution >= 4 is 23.9 Å². The number of methoxy groups -OCH3 is 1. The summed E-state index contributed by atoms with van der Waals surface area (Å²) in [5, 5.41) is 2.81. The van der Waals surface area contributed by atoms with Gasteiger partial charge in [-0.2, -0.15) is 0 Å². The molecule has 284 valence electrons. The minimum Gasteiger partial charge on any atom is -0.467 e. The molecule has 0 bridgehead atoms. The number of hydrogen-bond acceptors (Lipinski definition) is 11. The van der Waals surface area contributed by atoms with Gasteiger partial charge in [0.1, 0.15) is 23.7 Å². The van der Waals surface area contributed by atoms with Crippen LogP contribution in [0.5, 0.6) is 0 Å². The molecule has 1 aromatic rings. The molecule has 0 saturated carbocycles. The summed E-state index contributed by atoms with van der Waals surface area (Å²) < 4.78 is 38.6. The molecule has 1 aromatic carbocycles. The minimum absolute atomic E-state index is 0.134. The zero-order valence-corrected chi connectivity index (χ0v) is 31.4. The summed E-state index contributed by atoms with van der Waals surface area (Å²) >= 11 is 0. The smallest absolute Gasteiger partial charge is 0.410 e. The Bertz CT molecular complexity index is 1190. The number of hydrogen-bond donors (Lipinski definition) is 1. The topological polar surface area (TPSA) is 151 Å². The molecule has 50 heavy (non-hydrogen) atoms. The SMILES string of the molecule is COC(=O)[C@@H]1C[C@H](OCCOCCOCCOCCOCc2ccccc2)CN1C(=O)C(NC(=O)[C@H](C)N(C)C(=O)OC(C)(C)C)C(C)(C)C. The van der Waals surface area contributed by atoms with Gasteiger partial charge in [0, 0.05) is 20.0 Å². The van der Waals surface area contributed by atoms with E-state index in [9.17, 15) is 19.2 Å². The predicted octanol–water partition coefficient (Wildman–Crippen LogP) is 3.20. The molecule has 4 atom stereocenters. The molecule has 2 rings (SSSR count). The van der Waals surface area contributed by atoms with Gasteiger partial charge in [-0.25, -0.2) is 9.59 Å². The van der Waals surface area contributed by atoms with Gasteiger partial charge < -0.3 is 43.4 Å². The molecule has 1 aliphatic heterocycles. The fraction of sp³-hybridized carbons (Fsp3) is 0.722. The first kappa shape index (κ1) is 42.9. The summed E-state index contributed by atoms with van der Waals surface area (Å²) in [6.07, 6.45) is -0.867. The Kier molecular flexibility index (Phi) is 18.1. The van der Waals surface area contributed by atoms with Crippen LogP contribution in [0.15, 0.2) is 30.3 Å². The van der Waals surface area contributed by atoms with Gasteiger partial charge in [-0.1, -0.05) is 51.1 Å². The van der Waals surface area contributed by atoms with Crippen LogP contribution in [0, 0.1) is 5.41 Å². The zero-order valence-electron chi connectivity index (χ0n) is 31.4. The molecule has 3 amide bonds. The van der Waals surface area contributed by atoms with Crippen molar-refractivity contribution in [2.75, 3.05) is 73.6 Å². The number of carbonyl (C=O) groups is 4. The first-order valence-electron chi connectivity index (χ1n) is 17.2. The van der Waals surface area contributed by atoms with Gasteiger partial charge in [0.05, 0.1) is 72.7 Å². The maximum atomic E-state index is 13.9. The molecule has 1 unspecified atom stereocenters. The van der Waals surface area contributed by atoms with Crippen molar-refractivity contribution in [3.05, 3.63) is 35.9 Å². The van der Waals surface area contributed by atoms with Crippen LogP contribution in [-0.2, 0) is 54.1 Å². The number of carbonyl (C=O) groups excluding carboxylic acids is 4. The molecule has 0 spiro atoms. The zero-order chi connectivity index (χ0) is 37.3. The van der Waals surface area contributed by atoms with Crippen LogP contribution in [0.3, 0.4) is 0 Å². The number of benzene rings is 1. The van der Waals surface area contributed by atoms with Crippen LogP contribution < -0.4 is 5.32 Å². The maximum absolute atomic E-state index is 13.9. The molecular weight excluding hydrogens is 650 g/mol. The lowest BCUT2D eigenvalue weighted by atomic mass is 9.85. The van der Waals surface area contributed by atoms with Crippen molar-refractivity contribution in [2.24, 2.45) is 5.41 Å². The van der Waals surface area contributed by atoms with Crippen LogP contribution in [0.1, 0.15) is 60.5 Å². The van der Waals surface area contributed by atoms with Gasteiger partial charge in [-0.15, -0.1) is 0 Å². The summed E-state index contributed by atoms with van der Waals surface area (Å²) in [6, 6.07) is 7.15. The maximum Gasteiger partial charge on any atom is 0.410 e. The van der Waals surface area contributed by atoms with Gasteiger partial charge in [-0.3, -0.25) is 14.5 Å². The monoisotopic (exact) mass is 709 g/mol. The number of nitrogens with one attached hydrogen (secondary N) is 1. The van der Waals surface area contributed by atoms with E-state index in [4.69, 9.17) is 33.2 Å². The highest BCUT2D eigenvalue weighted by atomic mass is 16.6. The van der Waals surface area contributed by atoms with Gasteiger partial charge in [0.15, 0.2) is 0 Å². The molecule has 1 saturated heterocycles. The van der Waals surface area contributed by atoms with Gasteiger partial charge in [-0.05, 0) is 38.7 Å². The Hall–Kier alpha value is -3.30. The van der Waals surface area contributed by atoms with E-state index in [1.54, 1.807) is 27.7 Å². The number of likely N-dealkylation sites (N-methyl/N-ethyl adjacent to an activating group) is 1. The molecule has 1 heterocycles. The van der Waals surface area contributed by atoms with E-state index in [1.807, 2.05) is 51.1 Å². The highest BCUT2D eigenvalue weighted by Gasteiger charge is 2.46. The quantitative estimate of drug-likeness (QED) is 0.157. The van der Waals surface area contributed by atoms with E-state index in [2.05, 4.69) is 5.32 Å². The lowest BCUT2D eigenvalue weighted by molar-refractivity contribution is -0.153. The second kappa shape index (κ2) is 21.2. The third kappa shape index (κ3) is 15.3. The predicted molar refractivity (Wildman–Crippen MR) is 185 cm³/mol. The number of ether oxygens (including phenoxy) is 7. The molecule has 1 N–H and O–H groups in total. The van der Waals surface area contributed by atoms with Crippen LogP contribution in [0.25, 0.3) is 0 Å². The van der Waals surface area contributed by atoms with Crippen molar-refractivity contribution in [3.8, 4) is 0 Å². The van der Waals surface area contributed by atoms with Gasteiger partial charge in [0.25, 0.3) is 0 Å². The van der Waals surface area contributed by atoms with Crippen molar-refractivity contribution in [1.29, 1.82) is 0 Å². The third-order valence-electron chi connectivity index (χ3n) is 7.87. The van der Waals surface area contributed by atoms with E-state index in [0.29, 0.717) is 52.9 Å². The molecule has 14 nitrogen and oxygen atoms in total. The normalized spacial score (nSPS) is 17.6. The fourth-order valence-electron chi connectivity index (χ4n) is 4.96. The van der Waals surface area contributed by atoms with Gasteiger partial charge in [0.2, 0.25) is 11.8 Å². The molecule has 0 aromatic heterocycles. The van der Waals surface area contributed by atoms with Crippen LogP contribution in [0.2, 0.25) is 0 Å². The molecule has 1 aliphatic rings. The molecular formula is C36H59N3O11. The summed E-state index contributed by atoms with van der Waals surface area (Å²) in [4.78, 5) is 55.1. The van der Waals surface area contributed by atoms with Crippen LogP contribution in [-0.4, -0.2) is 137 Å². The highest BCUT2D eigenvalue weighted by Crippen LogP contribution is 2.28. The van der Waals surface area contributed by atoms with E-state index in [0.717, 1.165) is 5.56 Å². The van der Waals surface area contributed by atoms with Crippen molar-refractivity contribution in [1.82, 2.24) is 15.1 Å². The van der Waals surface area contributed by atoms with E-state index < -0.39 is 59.1 Å². The Labute approximate surface area is 297 Å². The standard InChI is InChI=1S/C36H59N3O11/c1-26(38(8)34(43)50-36(5,6)7)31(40)37-30(35(2,3)4)32(41)39-24-28(23-29(39)33(42)44-9)49-22-21-47-18-17-45-15-16-46-19-20-48-25-27-13-11-10-12-14-27/h10-14,26,28-30H,15-25H2,1-9H3,(H,37,40)/t26-,28-,29-,30?/m0/s1. The number of nitrogens with zero attached hydrogens (tertiary/aromatic N) is 2. The summed E-state index contributed by atoms with van der Waals surface area (Å²) in [6.45, 7) is 16.1. The Balaban J connectivity index is 1.75. The number of rotatable bonds is 20. The number of esters is 1. The largest absolute Gasteiger partial charge is 0.467 e. The molecule has 14 heteroatoms. The van der Waals surface area contributed by atoms with E-state index in [1.165, 1.54) is 24.0 Å². The summed E-state index contributed by atoms with van der Waals surface area (Å²) in [5.41, 5.74) is -0.342. The molecule has 0 radical (unpaired) electrons. The summed E-state index contributed by atoms with van der Waals surface area (Å²) in [7, 11) is 2.72. The fourth-order valence-corrected chi connectivity index (χ4v) is 4.96. The average Bonchev–Trinajstić information content (AvgIpc) is 3.49. The lowest BCUT2D eigenvalue weighted by Crippen LogP contribution is -2.59. The second-order valence-corrected chi connectivity index (χ2v) is 14.2. The first-order chi connectivity index (χ1) is 23.5. The number of amides is 3. The molecule has 0 aliphatic carbocycles. The Morgan fingerprint density at radius 1 is 0.860 bits per heavy atom. The Morgan fingerprint density at radius 2 is 1.40 bits per heavy atom. The average molecular weight is 710 g/mol. The minimum atomic E-state index is -1.00. The van der Waals surface area contributed by atoms with Crippen molar-refractivity contribution in [2.45, 2.75) is 91.3 Å². The highest BCUT2D eigenvalue weighted by molar-refractivity contribution is 5.93. The number of likely N-dealkylation sites (tertiary alicyclic amines) is 1. The van der Waals surface area contributed by atoms with E-state index in [-0.39, 0.29) is 19.6 Å². The molecule has 1 fully saturated rings. The second-order valence-electron chi connectivity index (χ2n) is 14.2. The summed E-state index contributed by atoms with van der Waals surface area (Å²) in [5.74, 6) is -1.55. The van der Waals surface area contributed by atoms with Gasteiger partial charge >= 0.3 is 12.1 Å². The third-order valence-corrected chi connectivity index (χ3v) is 7.87. The lowest BCUT2D eigenvalue weighted by Gasteiger charge is -2.36. The first-order valence-corrected chi connectivity index (χ1v) is 17.2. The Morgan fingerprint density at radius 3 is 1.92 bits per heavy atom. The van der Waals surface area contributed by atoms with Crippen LogP contribution in [0.4, 0.5) is 4.79 Å². The van der Waals surface area contributed by atoms with Crippen molar-refractivity contribution < 1.29 is 52.3 Å². The van der Waals surface area contributed by atoms with Crippen LogP contribution >= 0.6 is 0 Å². The van der Waals surface area contributed by atoms with Crippen molar-refractivity contribution in [3.63, 3.8) is 0 Å². The van der Waals surface area contributed by atoms with E-state index >= 15 is 0 Å².